The number of carboxylic acid groups (broad SMARTS) is 1. The second kappa shape index (κ2) is 4.61. The molecular weight excluding hydrogens is 223 g/mol. The van der Waals surface area contributed by atoms with Gasteiger partial charge in [0.1, 0.15) is 5.54 Å². The van der Waals surface area contributed by atoms with Gasteiger partial charge in [0, 0.05) is 0 Å². The number of carbonyl (C=O) groups is 1. The van der Waals surface area contributed by atoms with Gasteiger partial charge in [0.05, 0.1) is 6.54 Å². The van der Waals surface area contributed by atoms with Crippen LogP contribution in [-0.2, 0) is 4.79 Å². The van der Waals surface area contributed by atoms with Gasteiger partial charge in [0.2, 0.25) is 0 Å². The van der Waals surface area contributed by atoms with Crippen molar-refractivity contribution in [2.75, 3.05) is 6.54 Å². The van der Waals surface area contributed by atoms with E-state index in [0.717, 1.165) is 6.42 Å². The lowest BCUT2D eigenvalue weighted by Gasteiger charge is -2.40. The molecule has 6 heteroatoms. The van der Waals surface area contributed by atoms with Gasteiger partial charge in [-0.1, -0.05) is 19.8 Å². The van der Waals surface area contributed by atoms with Crippen molar-refractivity contribution in [2.45, 2.75) is 44.3 Å². The molecule has 1 rings (SSSR count). The third-order valence-corrected chi connectivity index (χ3v) is 3.29. The number of rotatable bonds is 3. The summed E-state index contributed by atoms with van der Waals surface area (Å²) in [6.45, 7) is 0.445. The van der Waals surface area contributed by atoms with Crippen LogP contribution in [0.1, 0.15) is 32.6 Å². The largest absolute Gasteiger partial charge is 0.480 e. The Hall–Kier alpha value is -0.780. The van der Waals surface area contributed by atoms with E-state index in [1.165, 1.54) is 0 Å². The average molecular weight is 239 g/mol. The van der Waals surface area contributed by atoms with E-state index in [0.29, 0.717) is 12.8 Å². The standard InChI is InChI=1S/C10H16F3NO2/c1-7-4-2-3-5-9(7,8(15)16)14-6-10(11,12)13/h7,14H,2-6H2,1H3,(H,15,16). The van der Waals surface area contributed by atoms with Crippen LogP contribution in [0.25, 0.3) is 0 Å². The molecule has 0 spiro atoms. The number of aliphatic carboxylic acids is 1. The highest BCUT2D eigenvalue weighted by Gasteiger charge is 2.46. The van der Waals surface area contributed by atoms with E-state index in [4.69, 9.17) is 5.11 Å². The average Bonchev–Trinajstić information content (AvgIpc) is 2.15. The highest BCUT2D eigenvalue weighted by atomic mass is 19.4. The number of hydrogen-bond donors (Lipinski definition) is 2. The Morgan fingerprint density at radius 2 is 2.12 bits per heavy atom. The van der Waals surface area contributed by atoms with Crippen LogP contribution in [0, 0.1) is 5.92 Å². The zero-order valence-corrected chi connectivity index (χ0v) is 9.10. The molecule has 0 radical (unpaired) electrons. The van der Waals surface area contributed by atoms with Gasteiger partial charge in [-0.15, -0.1) is 0 Å². The Kier molecular flexibility index (Phi) is 3.83. The van der Waals surface area contributed by atoms with E-state index < -0.39 is 24.2 Å². The van der Waals surface area contributed by atoms with E-state index >= 15 is 0 Å². The summed E-state index contributed by atoms with van der Waals surface area (Å²) in [6, 6.07) is 0. The Balaban J connectivity index is 2.76. The van der Waals surface area contributed by atoms with Crippen LogP contribution < -0.4 is 5.32 Å². The molecule has 16 heavy (non-hydrogen) atoms. The first-order valence-corrected chi connectivity index (χ1v) is 5.33. The Bertz CT molecular complexity index is 267. The highest BCUT2D eigenvalue weighted by molar-refractivity contribution is 5.79. The van der Waals surface area contributed by atoms with E-state index in [-0.39, 0.29) is 12.3 Å². The summed E-state index contributed by atoms with van der Waals surface area (Å²) >= 11 is 0. The predicted octanol–water partition coefficient (Wildman–Crippen LogP) is 2.17. The zero-order chi connectivity index (χ0) is 12.4. The SMILES string of the molecule is CC1CCCCC1(NCC(F)(F)F)C(=O)O. The van der Waals surface area contributed by atoms with Crippen molar-refractivity contribution < 1.29 is 23.1 Å². The molecule has 0 aromatic carbocycles. The summed E-state index contributed by atoms with van der Waals surface area (Å²) in [5.74, 6) is -1.45. The molecule has 1 fully saturated rings. The number of nitrogens with one attached hydrogen (secondary N) is 1. The van der Waals surface area contributed by atoms with Crippen molar-refractivity contribution in [2.24, 2.45) is 5.92 Å². The molecule has 94 valence electrons. The van der Waals surface area contributed by atoms with Crippen molar-refractivity contribution in [3.63, 3.8) is 0 Å². The third-order valence-electron chi connectivity index (χ3n) is 3.29. The molecule has 1 aliphatic carbocycles. The lowest BCUT2D eigenvalue weighted by Crippen LogP contribution is -2.60. The highest BCUT2D eigenvalue weighted by Crippen LogP contribution is 2.34. The first kappa shape index (κ1) is 13.3. The quantitative estimate of drug-likeness (QED) is 0.793. The maximum Gasteiger partial charge on any atom is 0.401 e. The van der Waals surface area contributed by atoms with Gasteiger partial charge in [0.15, 0.2) is 0 Å². The summed E-state index contributed by atoms with van der Waals surface area (Å²) in [6.07, 6.45) is -1.93. The molecule has 0 aromatic heterocycles. The molecule has 1 aliphatic rings. The molecular formula is C10H16F3NO2. The first-order valence-electron chi connectivity index (χ1n) is 5.33. The Morgan fingerprint density at radius 3 is 2.56 bits per heavy atom. The summed E-state index contributed by atoms with van der Waals surface area (Å²) in [7, 11) is 0. The van der Waals surface area contributed by atoms with Crippen molar-refractivity contribution in [1.29, 1.82) is 0 Å². The van der Waals surface area contributed by atoms with Gasteiger partial charge in [-0.25, -0.2) is 0 Å². The molecule has 0 aliphatic heterocycles. The van der Waals surface area contributed by atoms with Gasteiger partial charge >= 0.3 is 12.1 Å². The summed E-state index contributed by atoms with van der Waals surface area (Å²) in [4.78, 5) is 11.2. The van der Waals surface area contributed by atoms with Gasteiger partial charge in [0.25, 0.3) is 0 Å². The molecule has 0 amide bonds. The maximum absolute atomic E-state index is 12.1. The molecule has 1 saturated carbocycles. The normalized spacial score (nSPS) is 31.4. The van der Waals surface area contributed by atoms with Crippen LogP contribution in [-0.4, -0.2) is 29.3 Å². The smallest absolute Gasteiger partial charge is 0.401 e. The van der Waals surface area contributed by atoms with Gasteiger partial charge in [-0.2, -0.15) is 13.2 Å². The zero-order valence-electron chi connectivity index (χ0n) is 9.10. The maximum atomic E-state index is 12.1. The minimum atomic E-state index is -4.38. The van der Waals surface area contributed by atoms with Crippen LogP contribution in [0.5, 0.6) is 0 Å². The van der Waals surface area contributed by atoms with Crippen LogP contribution in [0.2, 0.25) is 0 Å². The second-order valence-corrected chi connectivity index (χ2v) is 4.39. The third kappa shape index (κ3) is 2.87. The van der Waals surface area contributed by atoms with Gasteiger partial charge in [-0.3, -0.25) is 10.1 Å². The Labute approximate surface area is 92.0 Å². The molecule has 2 atom stereocenters. The summed E-state index contributed by atoms with van der Waals surface area (Å²) in [5, 5.41) is 11.3. The van der Waals surface area contributed by atoms with Crippen molar-refractivity contribution >= 4 is 5.97 Å². The van der Waals surface area contributed by atoms with E-state index in [1.54, 1.807) is 6.92 Å². The van der Waals surface area contributed by atoms with Crippen LogP contribution in [0.15, 0.2) is 0 Å². The van der Waals surface area contributed by atoms with Gasteiger partial charge < -0.3 is 5.11 Å². The molecule has 0 heterocycles. The molecule has 0 saturated heterocycles. The number of halogens is 3. The minimum absolute atomic E-state index is 0.263. The van der Waals surface area contributed by atoms with Crippen molar-refractivity contribution in [1.82, 2.24) is 5.32 Å². The van der Waals surface area contributed by atoms with Crippen molar-refractivity contribution in [3.8, 4) is 0 Å². The lowest BCUT2D eigenvalue weighted by atomic mass is 9.73. The van der Waals surface area contributed by atoms with E-state index in [1.807, 2.05) is 0 Å². The van der Waals surface area contributed by atoms with Crippen molar-refractivity contribution in [3.05, 3.63) is 0 Å². The molecule has 0 bridgehead atoms. The molecule has 0 aromatic rings. The first-order chi connectivity index (χ1) is 7.28. The fraction of sp³-hybridized carbons (Fsp3) is 0.900. The monoisotopic (exact) mass is 239 g/mol. The van der Waals surface area contributed by atoms with Crippen LogP contribution in [0.3, 0.4) is 0 Å². The van der Waals surface area contributed by atoms with Crippen LogP contribution in [0.4, 0.5) is 13.2 Å². The predicted molar refractivity (Wildman–Crippen MR) is 52.1 cm³/mol. The van der Waals surface area contributed by atoms with E-state index in [9.17, 15) is 18.0 Å². The molecule has 3 nitrogen and oxygen atoms in total. The minimum Gasteiger partial charge on any atom is -0.480 e. The fourth-order valence-electron chi connectivity index (χ4n) is 2.26. The lowest BCUT2D eigenvalue weighted by molar-refractivity contribution is -0.155. The number of hydrogen-bond acceptors (Lipinski definition) is 2. The summed E-state index contributed by atoms with van der Waals surface area (Å²) in [5.41, 5.74) is -1.41. The topological polar surface area (TPSA) is 49.3 Å². The summed E-state index contributed by atoms with van der Waals surface area (Å²) < 4.78 is 36.3. The number of alkyl halides is 3. The fourth-order valence-corrected chi connectivity index (χ4v) is 2.26. The second-order valence-electron chi connectivity index (χ2n) is 4.39. The Morgan fingerprint density at radius 1 is 1.50 bits per heavy atom. The number of carboxylic acids is 1. The van der Waals surface area contributed by atoms with E-state index in [2.05, 4.69) is 5.32 Å². The van der Waals surface area contributed by atoms with Gasteiger partial charge in [-0.05, 0) is 18.8 Å². The molecule has 2 unspecified atom stereocenters. The molecule has 2 N–H and O–H groups in total. The van der Waals surface area contributed by atoms with Crippen LogP contribution >= 0.6 is 0 Å².